The smallest absolute Gasteiger partial charge is 0.267 e. The molecule has 0 aliphatic heterocycles. The molecule has 2 N–H and O–H groups in total. The predicted octanol–water partition coefficient (Wildman–Crippen LogP) is 1.42. The summed E-state index contributed by atoms with van der Waals surface area (Å²) in [6, 6.07) is 1.38. The molecule has 0 aliphatic rings. The van der Waals surface area contributed by atoms with Crippen LogP contribution in [0.3, 0.4) is 0 Å². The van der Waals surface area contributed by atoms with E-state index in [4.69, 9.17) is 0 Å². The first-order valence-corrected chi connectivity index (χ1v) is 6.41. The number of hydrogen-bond acceptors (Lipinski definition) is 5. The number of pyridine rings is 1. The number of amides is 1. The largest absolute Gasteiger partial charge is 0.507 e. The molecule has 1 amide bonds. The number of nitrogens with zero attached hydrogens (tertiary/aromatic N) is 2. The molecule has 0 aromatic carbocycles. The molecule has 2 aromatic rings. The van der Waals surface area contributed by atoms with Gasteiger partial charge in [-0.2, -0.15) is 0 Å². The molecule has 6 nitrogen and oxygen atoms in total. The van der Waals surface area contributed by atoms with E-state index in [1.165, 1.54) is 22.0 Å². The minimum atomic E-state index is -0.660. The second-order valence-electron chi connectivity index (χ2n) is 4.16. The second kappa shape index (κ2) is 4.85. The van der Waals surface area contributed by atoms with E-state index in [2.05, 4.69) is 10.3 Å². The van der Waals surface area contributed by atoms with E-state index in [9.17, 15) is 14.7 Å². The Bertz CT molecular complexity index is 703. The monoisotopic (exact) mass is 279 g/mol. The van der Waals surface area contributed by atoms with E-state index in [0.717, 1.165) is 5.69 Å². The maximum Gasteiger partial charge on any atom is 0.267 e. The average molecular weight is 279 g/mol. The molecule has 0 saturated carbocycles. The van der Waals surface area contributed by atoms with Gasteiger partial charge in [0.1, 0.15) is 11.3 Å². The van der Waals surface area contributed by atoms with E-state index in [-0.39, 0.29) is 11.3 Å². The van der Waals surface area contributed by atoms with Crippen LogP contribution in [-0.4, -0.2) is 20.6 Å². The molecule has 0 spiro atoms. The Hall–Kier alpha value is -2.15. The van der Waals surface area contributed by atoms with Crippen molar-refractivity contribution >= 4 is 22.4 Å². The van der Waals surface area contributed by atoms with Crippen LogP contribution in [-0.2, 0) is 7.05 Å². The Labute approximate surface area is 113 Å². The van der Waals surface area contributed by atoms with Crippen LogP contribution in [0.2, 0.25) is 0 Å². The number of aryl methyl sites for hydroxylation is 2. The van der Waals surface area contributed by atoms with Crippen molar-refractivity contribution in [2.45, 2.75) is 13.8 Å². The Balaban J connectivity index is 2.40. The van der Waals surface area contributed by atoms with Crippen molar-refractivity contribution in [3.8, 4) is 5.75 Å². The summed E-state index contributed by atoms with van der Waals surface area (Å²) in [7, 11) is 1.54. The number of aromatic nitrogens is 2. The normalized spacial score (nSPS) is 10.5. The highest BCUT2D eigenvalue weighted by molar-refractivity contribution is 7.13. The van der Waals surface area contributed by atoms with E-state index in [0.29, 0.717) is 10.8 Å². The molecule has 2 heterocycles. The maximum atomic E-state index is 12.0. The van der Waals surface area contributed by atoms with Crippen LogP contribution >= 0.6 is 11.3 Å². The third-order valence-corrected chi connectivity index (χ3v) is 3.59. The Morgan fingerprint density at radius 1 is 1.47 bits per heavy atom. The standard InChI is InChI=1S/C12H13N3O3S/c1-6-5-19-12(13-6)14-10(17)9-8(16)4-7(2)15(3)11(9)18/h4-5,16H,1-3H3,(H,13,14,17). The number of carbonyl (C=O) groups is 1. The molecule has 2 rings (SSSR count). The number of carbonyl (C=O) groups excluding carboxylic acids is 1. The Morgan fingerprint density at radius 3 is 2.74 bits per heavy atom. The number of thiazole rings is 1. The first-order chi connectivity index (χ1) is 8.90. The summed E-state index contributed by atoms with van der Waals surface area (Å²) in [5.41, 5.74) is 0.537. The highest BCUT2D eigenvalue weighted by Gasteiger charge is 2.19. The van der Waals surface area contributed by atoms with Crippen molar-refractivity contribution in [1.82, 2.24) is 9.55 Å². The van der Waals surface area contributed by atoms with Crippen LogP contribution in [0.1, 0.15) is 21.7 Å². The fraction of sp³-hybridized carbons (Fsp3) is 0.250. The van der Waals surface area contributed by atoms with E-state index in [1.807, 2.05) is 0 Å². The third kappa shape index (κ3) is 2.50. The molecular formula is C12H13N3O3S. The summed E-state index contributed by atoms with van der Waals surface area (Å²) in [5, 5.41) is 14.4. The van der Waals surface area contributed by atoms with Crippen LogP contribution in [0.25, 0.3) is 0 Å². The van der Waals surface area contributed by atoms with Gasteiger partial charge in [-0.15, -0.1) is 11.3 Å². The second-order valence-corrected chi connectivity index (χ2v) is 5.02. The van der Waals surface area contributed by atoms with Crippen LogP contribution in [0.5, 0.6) is 5.75 Å². The van der Waals surface area contributed by atoms with Gasteiger partial charge in [0.25, 0.3) is 11.5 Å². The predicted molar refractivity (Wildman–Crippen MR) is 72.9 cm³/mol. The molecule has 2 aromatic heterocycles. The van der Waals surface area contributed by atoms with Crippen molar-refractivity contribution in [2.24, 2.45) is 7.05 Å². The lowest BCUT2D eigenvalue weighted by Crippen LogP contribution is -2.28. The molecule has 0 atom stereocenters. The number of hydrogen-bond donors (Lipinski definition) is 2. The fourth-order valence-electron chi connectivity index (χ4n) is 1.59. The Kier molecular flexibility index (Phi) is 3.39. The molecule has 0 unspecified atom stereocenters. The molecule has 7 heteroatoms. The summed E-state index contributed by atoms with van der Waals surface area (Å²) in [5.74, 6) is -0.987. The lowest BCUT2D eigenvalue weighted by atomic mass is 10.2. The summed E-state index contributed by atoms with van der Waals surface area (Å²) in [4.78, 5) is 28.1. The average Bonchev–Trinajstić information content (AvgIpc) is 2.72. The summed E-state index contributed by atoms with van der Waals surface area (Å²) < 4.78 is 1.31. The van der Waals surface area contributed by atoms with Crippen LogP contribution in [0.15, 0.2) is 16.2 Å². The molecule has 0 radical (unpaired) electrons. The van der Waals surface area contributed by atoms with Crippen LogP contribution in [0.4, 0.5) is 5.13 Å². The Morgan fingerprint density at radius 2 is 2.16 bits per heavy atom. The molecule has 0 fully saturated rings. The highest BCUT2D eigenvalue weighted by Crippen LogP contribution is 2.18. The van der Waals surface area contributed by atoms with Crippen molar-refractivity contribution in [2.75, 3.05) is 5.32 Å². The molecule has 100 valence electrons. The van der Waals surface area contributed by atoms with Gasteiger partial charge >= 0.3 is 0 Å². The van der Waals surface area contributed by atoms with Crippen molar-refractivity contribution < 1.29 is 9.90 Å². The van der Waals surface area contributed by atoms with Crippen molar-refractivity contribution in [1.29, 1.82) is 0 Å². The molecular weight excluding hydrogens is 266 g/mol. The van der Waals surface area contributed by atoms with Crippen LogP contribution in [0, 0.1) is 13.8 Å². The molecule has 0 bridgehead atoms. The molecule has 19 heavy (non-hydrogen) atoms. The van der Waals surface area contributed by atoms with E-state index < -0.39 is 11.5 Å². The van der Waals surface area contributed by atoms with Gasteiger partial charge < -0.3 is 9.67 Å². The van der Waals surface area contributed by atoms with Crippen molar-refractivity contribution in [3.05, 3.63) is 38.8 Å². The first-order valence-electron chi connectivity index (χ1n) is 5.53. The number of aromatic hydroxyl groups is 1. The SMILES string of the molecule is Cc1csc(NC(=O)c2c(O)cc(C)n(C)c2=O)n1. The minimum absolute atomic E-state index is 0.277. The summed E-state index contributed by atoms with van der Waals surface area (Å²) in [6.45, 7) is 3.47. The van der Waals surface area contributed by atoms with Gasteiger partial charge in [-0.25, -0.2) is 4.98 Å². The number of anilines is 1. The van der Waals surface area contributed by atoms with E-state index >= 15 is 0 Å². The van der Waals surface area contributed by atoms with Gasteiger partial charge in [0.15, 0.2) is 5.13 Å². The van der Waals surface area contributed by atoms with Gasteiger partial charge in [0.2, 0.25) is 0 Å². The van der Waals surface area contributed by atoms with E-state index in [1.54, 1.807) is 26.3 Å². The zero-order chi connectivity index (χ0) is 14.2. The van der Waals surface area contributed by atoms with Gasteiger partial charge in [0, 0.05) is 24.2 Å². The minimum Gasteiger partial charge on any atom is -0.507 e. The zero-order valence-corrected chi connectivity index (χ0v) is 11.5. The molecule has 0 aliphatic carbocycles. The van der Waals surface area contributed by atoms with Crippen molar-refractivity contribution in [3.63, 3.8) is 0 Å². The fourth-order valence-corrected chi connectivity index (χ4v) is 2.27. The van der Waals surface area contributed by atoms with Gasteiger partial charge in [-0.05, 0) is 13.8 Å². The topological polar surface area (TPSA) is 84.2 Å². The zero-order valence-electron chi connectivity index (χ0n) is 10.7. The van der Waals surface area contributed by atoms with Gasteiger partial charge in [0.05, 0.1) is 5.69 Å². The van der Waals surface area contributed by atoms with Gasteiger partial charge in [-0.3, -0.25) is 14.9 Å². The molecule has 0 saturated heterocycles. The number of rotatable bonds is 2. The quantitative estimate of drug-likeness (QED) is 0.870. The highest BCUT2D eigenvalue weighted by atomic mass is 32.1. The maximum absolute atomic E-state index is 12.0. The summed E-state index contributed by atoms with van der Waals surface area (Å²) >= 11 is 1.26. The van der Waals surface area contributed by atoms with Gasteiger partial charge in [-0.1, -0.05) is 0 Å². The summed E-state index contributed by atoms with van der Waals surface area (Å²) in [6.07, 6.45) is 0. The first kappa shape index (κ1) is 13.3. The number of nitrogens with one attached hydrogen (secondary N) is 1. The lowest BCUT2D eigenvalue weighted by Gasteiger charge is -2.08. The lowest BCUT2D eigenvalue weighted by molar-refractivity contribution is 0.102. The third-order valence-electron chi connectivity index (χ3n) is 2.72. The van der Waals surface area contributed by atoms with Crippen LogP contribution < -0.4 is 10.9 Å².